The highest BCUT2D eigenvalue weighted by Gasteiger charge is 2.53. The first kappa shape index (κ1) is 21.1. The van der Waals surface area contributed by atoms with Crippen molar-refractivity contribution in [1.29, 1.82) is 0 Å². The molecule has 2 unspecified atom stereocenters. The van der Waals surface area contributed by atoms with Gasteiger partial charge >= 0.3 is 6.03 Å². The van der Waals surface area contributed by atoms with Gasteiger partial charge in [0.15, 0.2) is 0 Å². The number of imide groups is 1. The Morgan fingerprint density at radius 3 is 2.50 bits per heavy atom. The van der Waals surface area contributed by atoms with Gasteiger partial charge in [0.2, 0.25) is 5.91 Å². The highest BCUT2D eigenvalue weighted by molar-refractivity contribution is 6.09. The van der Waals surface area contributed by atoms with Crippen molar-refractivity contribution in [2.24, 2.45) is 17.3 Å². The summed E-state index contributed by atoms with van der Waals surface area (Å²) in [6.07, 6.45) is 8.61. The van der Waals surface area contributed by atoms with Gasteiger partial charge in [-0.25, -0.2) is 4.79 Å². The second-order valence-corrected chi connectivity index (χ2v) is 10.1. The number of rotatable bonds is 5. The van der Waals surface area contributed by atoms with Crippen molar-refractivity contribution >= 4 is 17.8 Å². The average Bonchev–Trinajstić information content (AvgIpc) is 2.86. The molecule has 0 aromatic rings. The van der Waals surface area contributed by atoms with E-state index in [1.165, 1.54) is 6.42 Å². The zero-order valence-electron chi connectivity index (χ0n) is 18.0. The SMILES string of the molecule is CCC(C)(C)C1CCC2(CC1)NC(=O)N(CC(=O)NC1CCCC(C)C1)C2=O. The molecule has 0 aromatic carbocycles. The molecular weight excluding hydrogens is 354 g/mol. The van der Waals surface area contributed by atoms with Gasteiger partial charge in [-0.2, -0.15) is 0 Å². The summed E-state index contributed by atoms with van der Waals surface area (Å²) in [5.74, 6) is 0.748. The van der Waals surface area contributed by atoms with Crippen LogP contribution in [0.2, 0.25) is 0 Å². The summed E-state index contributed by atoms with van der Waals surface area (Å²) < 4.78 is 0. The van der Waals surface area contributed by atoms with Crippen LogP contribution < -0.4 is 10.6 Å². The molecule has 6 nitrogen and oxygen atoms in total. The average molecular weight is 392 g/mol. The summed E-state index contributed by atoms with van der Waals surface area (Å²) in [5.41, 5.74) is -0.541. The number of hydrogen-bond acceptors (Lipinski definition) is 3. The molecule has 2 saturated carbocycles. The molecule has 3 aliphatic rings. The molecular formula is C22H37N3O3. The molecule has 0 radical (unpaired) electrons. The fraction of sp³-hybridized carbons (Fsp3) is 0.864. The number of nitrogens with zero attached hydrogens (tertiary/aromatic N) is 1. The quantitative estimate of drug-likeness (QED) is 0.703. The van der Waals surface area contributed by atoms with E-state index in [0.717, 1.165) is 43.4 Å². The molecule has 28 heavy (non-hydrogen) atoms. The fourth-order valence-electron chi connectivity index (χ4n) is 5.32. The van der Waals surface area contributed by atoms with Gasteiger partial charge in [0.05, 0.1) is 0 Å². The van der Waals surface area contributed by atoms with E-state index in [1.54, 1.807) is 0 Å². The first-order chi connectivity index (χ1) is 13.2. The van der Waals surface area contributed by atoms with Crippen LogP contribution >= 0.6 is 0 Å². The Morgan fingerprint density at radius 2 is 1.89 bits per heavy atom. The third kappa shape index (κ3) is 4.20. The largest absolute Gasteiger partial charge is 0.352 e. The Hall–Kier alpha value is -1.59. The normalized spacial score (nSPS) is 33.9. The summed E-state index contributed by atoms with van der Waals surface area (Å²) in [4.78, 5) is 39.2. The predicted molar refractivity (Wildman–Crippen MR) is 109 cm³/mol. The van der Waals surface area contributed by atoms with E-state index in [-0.39, 0.29) is 29.8 Å². The summed E-state index contributed by atoms with van der Waals surface area (Å²) in [7, 11) is 0. The van der Waals surface area contributed by atoms with Crippen molar-refractivity contribution in [1.82, 2.24) is 15.5 Å². The van der Waals surface area contributed by atoms with E-state index >= 15 is 0 Å². The van der Waals surface area contributed by atoms with E-state index in [0.29, 0.717) is 24.7 Å². The zero-order valence-corrected chi connectivity index (χ0v) is 18.0. The maximum atomic E-state index is 13.1. The van der Waals surface area contributed by atoms with Crippen LogP contribution in [0.1, 0.15) is 85.5 Å². The second-order valence-electron chi connectivity index (χ2n) is 10.1. The molecule has 1 aliphatic heterocycles. The molecule has 2 N–H and O–H groups in total. The van der Waals surface area contributed by atoms with Gasteiger partial charge in [-0.05, 0) is 55.8 Å². The van der Waals surface area contributed by atoms with Gasteiger partial charge in [-0.1, -0.05) is 47.0 Å². The van der Waals surface area contributed by atoms with Crippen molar-refractivity contribution in [3.8, 4) is 0 Å². The topological polar surface area (TPSA) is 78.5 Å². The zero-order chi connectivity index (χ0) is 20.5. The van der Waals surface area contributed by atoms with Gasteiger partial charge in [-0.15, -0.1) is 0 Å². The van der Waals surface area contributed by atoms with Crippen LogP contribution in [-0.2, 0) is 9.59 Å². The number of carbonyl (C=O) groups is 3. The summed E-state index contributed by atoms with van der Waals surface area (Å²) in [5, 5.41) is 5.96. The van der Waals surface area contributed by atoms with Crippen LogP contribution in [0.3, 0.4) is 0 Å². The number of urea groups is 1. The summed E-state index contributed by atoms with van der Waals surface area (Å²) in [6, 6.07) is -0.247. The molecule has 158 valence electrons. The molecule has 0 bridgehead atoms. The Balaban J connectivity index is 1.57. The smallest absolute Gasteiger partial charge is 0.325 e. The molecule has 2 atom stereocenters. The third-order valence-electron chi connectivity index (χ3n) is 7.70. The minimum Gasteiger partial charge on any atom is -0.352 e. The maximum Gasteiger partial charge on any atom is 0.325 e. The Labute approximate surface area is 169 Å². The van der Waals surface area contributed by atoms with E-state index in [2.05, 4.69) is 38.3 Å². The van der Waals surface area contributed by atoms with Crippen molar-refractivity contribution in [2.75, 3.05) is 6.54 Å². The molecule has 1 saturated heterocycles. The predicted octanol–water partition coefficient (Wildman–Crippen LogP) is 3.60. The van der Waals surface area contributed by atoms with Crippen LogP contribution in [0.25, 0.3) is 0 Å². The van der Waals surface area contributed by atoms with Gasteiger partial charge in [0, 0.05) is 6.04 Å². The summed E-state index contributed by atoms with van der Waals surface area (Å²) in [6.45, 7) is 8.82. The minimum absolute atomic E-state index is 0.165. The Morgan fingerprint density at radius 1 is 1.21 bits per heavy atom. The minimum atomic E-state index is -0.795. The van der Waals surface area contributed by atoms with Crippen LogP contribution in [0.4, 0.5) is 4.79 Å². The first-order valence-electron chi connectivity index (χ1n) is 11.1. The highest BCUT2D eigenvalue weighted by atomic mass is 16.2. The molecule has 1 spiro atoms. The highest BCUT2D eigenvalue weighted by Crippen LogP contribution is 2.45. The number of hydrogen-bond donors (Lipinski definition) is 2. The lowest BCUT2D eigenvalue weighted by atomic mass is 9.65. The van der Waals surface area contributed by atoms with Crippen molar-refractivity contribution in [3.63, 3.8) is 0 Å². The molecule has 6 heteroatoms. The van der Waals surface area contributed by atoms with E-state index in [9.17, 15) is 14.4 Å². The fourth-order valence-corrected chi connectivity index (χ4v) is 5.32. The lowest BCUT2D eigenvalue weighted by molar-refractivity contribution is -0.136. The van der Waals surface area contributed by atoms with Crippen molar-refractivity contribution in [2.45, 2.75) is 97.1 Å². The number of amides is 4. The molecule has 3 fully saturated rings. The van der Waals surface area contributed by atoms with Gasteiger partial charge in [0.25, 0.3) is 5.91 Å². The number of carbonyl (C=O) groups excluding carboxylic acids is 3. The van der Waals surface area contributed by atoms with Gasteiger partial charge < -0.3 is 10.6 Å². The Kier molecular flexibility index (Phi) is 6.06. The van der Waals surface area contributed by atoms with Crippen LogP contribution in [0.15, 0.2) is 0 Å². The van der Waals surface area contributed by atoms with Crippen LogP contribution in [-0.4, -0.2) is 40.9 Å². The van der Waals surface area contributed by atoms with Crippen molar-refractivity contribution < 1.29 is 14.4 Å². The van der Waals surface area contributed by atoms with Gasteiger partial charge in [0.1, 0.15) is 12.1 Å². The molecule has 0 aromatic heterocycles. The third-order valence-corrected chi connectivity index (χ3v) is 7.70. The van der Waals surface area contributed by atoms with E-state index in [4.69, 9.17) is 0 Å². The van der Waals surface area contributed by atoms with E-state index < -0.39 is 11.6 Å². The monoisotopic (exact) mass is 391 g/mol. The molecule has 1 heterocycles. The van der Waals surface area contributed by atoms with Crippen LogP contribution in [0.5, 0.6) is 0 Å². The standard InChI is InChI=1S/C22H37N3O3/c1-5-21(3,4)16-9-11-22(12-10-16)19(27)25(20(28)24-22)14-18(26)23-17-8-6-7-15(2)13-17/h15-17H,5-14H2,1-4H3,(H,23,26)(H,24,28). The number of nitrogens with one attached hydrogen (secondary N) is 2. The van der Waals surface area contributed by atoms with Gasteiger partial charge in [-0.3, -0.25) is 14.5 Å². The van der Waals surface area contributed by atoms with Crippen LogP contribution in [0, 0.1) is 17.3 Å². The molecule has 2 aliphatic carbocycles. The van der Waals surface area contributed by atoms with Crippen molar-refractivity contribution in [3.05, 3.63) is 0 Å². The second kappa shape index (κ2) is 8.03. The Bertz CT molecular complexity index is 623. The molecule has 4 amide bonds. The maximum absolute atomic E-state index is 13.1. The molecule has 3 rings (SSSR count). The van der Waals surface area contributed by atoms with E-state index in [1.807, 2.05) is 0 Å². The lowest BCUT2D eigenvalue weighted by Crippen LogP contribution is -2.51. The lowest BCUT2D eigenvalue weighted by Gasteiger charge is -2.42. The summed E-state index contributed by atoms with van der Waals surface area (Å²) >= 11 is 0. The first-order valence-corrected chi connectivity index (χ1v) is 11.1.